The lowest BCUT2D eigenvalue weighted by atomic mass is 10.2. The van der Waals surface area contributed by atoms with E-state index in [1.807, 2.05) is 0 Å². The molecule has 110 valence electrons. The summed E-state index contributed by atoms with van der Waals surface area (Å²) in [4.78, 5) is 16.0. The fourth-order valence-electron chi connectivity index (χ4n) is 2.38. The molecule has 0 bridgehead atoms. The Morgan fingerprint density at radius 2 is 2.25 bits per heavy atom. The van der Waals surface area contributed by atoms with Crippen LogP contribution in [0, 0.1) is 5.82 Å². The molecule has 0 aliphatic carbocycles. The summed E-state index contributed by atoms with van der Waals surface area (Å²) in [6.07, 6.45) is 0. The van der Waals surface area contributed by atoms with Gasteiger partial charge in [-0.1, -0.05) is 18.2 Å². The van der Waals surface area contributed by atoms with Gasteiger partial charge in [-0.25, -0.2) is 4.39 Å². The Kier molecular flexibility index (Phi) is 5.09. The minimum atomic E-state index is -0.261. The number of nitrogens with zero attached hydrogens (tertiary/aromatic N) is 2. The highest BCUT2D eigenvalue weighted by Crippen LogP contribution is 2.10. The summed E-state index contributed by atoms with van der Waals surface area (Å²) >= 11 is 0. The first-order valence-corrected chi connectivity index (χ1v) is 7.00. The normalized spacial score (nSPS) is 19.9. The van der Waals surface area contributed by atoms with Gasteiger partial charge in [-0.05, 0) is 13.0 Å². The minimum Gasteiger partial charge on any atom is -0.340 e. The van der Waals surface area contributed by atoms with Crippen molar-refractivity contribution in [3.8, 4) is 0 Å². The molecule has 5 heteroatoms. The average molecular weight is 279 g/mol. The van der Waals surface area contributed by atoms with E-state index in [4.69, 9.17) is 0 Å². The number of hydrogen-bond donors (Lipinski definition) is 1. The number of carbonyl (C=O) groups is 1. The van der Waals surface area contributed by atoms with Gasteiger partial charge < -0.3 is 10.2 Å². The van der Waals surface area contributed by atoms with E-state index in [0.29, 0.717) is 24.7 Å². The van der Waals surface area contributed by atoms with Crippen LogP contribution in [-0.4, -0.2) is 55.0 Å². The number of amides is 1. The molecule has 0 radical (unpaired) electrons. The number of carbonyl (C=O) groups excluding carboxylic acids is 1. The summed E-state index contributed by atoms with van der Waals surface area (Å²) < 4.78 is 13.6. The summed E-state index contributed by atoms with van der Waals surface area (Å²) in [5, 5.41) is 3.30. The highest BCUT2D eigenvalue weighted by atomic mass is 19.1. The van der Waals surface area contributed by atoms with E-state index in [1.54, 1.807) is 30.1 Å². The van der Waals surface area contributed by atoms with Crippen molar-refractivity contribution in [3.63, 3.8) is 0 Å². The highest BCUT2D eigenvalue weighted by molar-refractivity contribution is 5.78. The number of piperazine rings is 1. The second-order valence-electron chi connectivity index (χ2n) is 5.36. The first-order valence-electron chi connectivity index (χ1n) is 7.00. The molecular weight excluding hydrogens is 257 g/mol. The van der Waals surface area contributed by atoms with Crippen molar-refractivity contribution < 1.29 is 9.18 Å². The van der Waals surface area contributed by atoms with Crippen LogP contribution in [0.15, 0.2) is 24.3 Å². The zero-order valence-corrected chi connectivity index (χ0v) is 12.1. The lowest BCUT2D eigenvalue weighted by Crippen LogP contribution is -2.52. The van der Waals surface area contributed by atoms with Crippen LogP contribution in [0.5, 0.6) is 0 Å². The van der Waals surface area contributed by atoms with Crippen molar-refractivity contribution in [2.45, 2.75) is 19.5 Å². The van der Waals surface area contributed by atoms with Gasteiger partial charge in [-0.15, -0.1) is 0 Å². The zero-order chi connectivity index (χ0) is 14.5. The molecule has 1 aromatic carbocycles. The number of hydrogen-bond acceptors (Lipinski definition) is 3. The second kappa shape index (κ2) is 6.81. The SMILES string of the molecule is C[C@@H]1CNCCN1CC(=O)N(C)Cc1ccccc1F. The molecule has 1 amide bonds. The number of benzene rings is 1. The molecule has 0 spiro atoms. The van der Waals surface area contributed by atoms with Gasteiger partial charge in [0.15, 0.2) is 0 Å². The van der Waals surface area contributed by atoms with Gasteiger partial charge in [0, 0.05) is 44.8 Å². The van der Waals surface area contributed by atoms with Crippen molar-refractivity contribution in [1.29, 1.82) is 0 Å². The topological polar surface area (TPSA) is 35.6 Å². The smallest absolute Gasteiger partial charge is 0.236 e. The Morgan fingerprint density at radius 3 is 2.95 bits per heavy atom. The van der Waals surface area contributed by atoms with Crippen molar-refractivity contribution in [2.75, 3.05) is 33.2 Å². The predicted octanol–water partition coefficient (Wildman–Crippen LogP) is 1.08. The Morgan fingerprint density at radius 1 is 1.50 bits per heavy atom. The Balaban J connectivity index is 1.90. The summed E-state index contributed by atoms with van der Waals surface area (Å²) in [6.45, 7) is 5.51. The standard InChI is InChI=1S/C15H22FN3O/c1-12-9-17-7-8-19(12)11-15(20)18(2)10-13-5-3-4-6-14(13)16/h3-6,12,17H,7-11H2,1-2H3/t12-/m1/s1. The first-order chi connectivity index (χ1) is 9.58. The lowest BCUT2D eigenvalue weighted by Gasteiger charge is -2.34. The van der Waals surface area contributed by atoms with E-state index in [0.717, 1.165) is 19.6 Å². The molecule has 20 heavy (non-hydrogen) atoms. The van der Waals surface area contributed by atoms with Crippen LogP contribution in [0.25, 0.3) is 0 Å². The molecule has 1 atom stereocenters. The molecule has 2 rings (SSSR count). The van der Waals surface area contributed by atoms with E-state index >= 15 is 0 Å². The fraction of sp³-hybridized carbons (Fsp3) is 0.533. The van der Waals surface area contributed by atoms with Crippen LogP contribution in [0.1, 0.15) is 12.5 Å². The van der Waals surface area contributed by atoms with Crippen molar-refractivity contribution >= 4 is 5.91 Å². The maximum atomic E-state index is 13.6. The largest absolute Gasteiger partial charge is 0.340 e. The molecule has 1 fully saturated rings. The van der Waals surface area contributed by atoms with Crippen LogP contribution in [0.4, 0.5) is 4.39 Å². The zero-order valence-electron chi connectivity index (χ0n) is 12.1. The maximum Gasteiger partial charge on any atom is 0.236 e. The van der Waals surface area contributed by atoms with Gasteiger partial charge in [-0.2, -0.15) is 0 Å². The summed E-state index contributed by atoms with van der Waals surface area (Å²) in [6, 6.07) is 6.94. The number of likely N-dealkylation sites (N-methyl/N-ethyl adjacent to an activating group) is 1. The van der Waals surface area contributed by atoms with E-state index in [1.165, 1.54) is 6.07 Å². The monoisotopic (exact) mass is 279 g/mol. The molecule has 0 aromatic heterocycles. The average Bonchev–Trinajstić information content (AvgIpc) is 2.43. The lowest BCUT2D eigenvalue weighted by molar-refractivity contribution is -0.132. The molecule has 1 N–H and O–H groups in total. The van der Waals surface area contributed by atoms with E-state index in [2.05, 4.69) is 17.1 Å². The third kappa shape index (κ3) is 3.77. The summed E-state index contributed by atoms with van der Waals surface area (Å²) in [5.41, 5.74) is 0.553. The molecule has 4 nitrogen and oxygen atoms in total. The van der Waals surface area contributed by atoms with Crippen LogP contribution >= 0.6 is 0 Å². The number of rotatable bonds is 4. The third-order valence-electron chi connectivity index (χ3n) is 3.77. The Labute approximate surface area is 119 Å². The third-order valence-corrected chi connectivity index (χ3v) is 3.77. The van der Waals surface area contributed by atoms with Crippen molar-refractivity contribution in [3.05, 3.63) is 35.6 Å². The number of halogens is 1. The summed E-state index contributed by atoms with van der Waals surface area (Å²) in [5.74, 6) is -0.232. The minimum absolute atomic E-state index is 0.0296. The second-order valence-corrected chi connectivity index (χ2v) is 5.36. The molecule has 1 aliphatic rings. The Bertz CT molecular complexity index is 466. The molecule has 1 aliphatic heterocycles. The quantitative estimate of drug-likeness (QED) is 0.896. The van der Waals surface area contributed by atoms with Gasteiger partial charge in [-0.3, -0.25) is 9.69 Å². The van der Waals surface area contributed by atoms with E-state index < -0.39 is 0 Å². The van der Waals surface area contributed by atoms with Gasteiger partial charge in [0.1, 0.15) is 5.82 Å². The van der Waals surface area contributed by atoms with Crippen molar-refractivity contribution in [2.24, 2.45) is 0 Å². The first kappa shape index (κ1) is 14.9. The van der Waals surface area contributed by atoms with Crippen LogP contribution in [0.3, 0.4) is 0 Å². The molecule has 1 saturated heterocycles. The van der Waals surface area contributed by atoms with Gasteiger partial charge >= 0.3 is 0 Å². The van der Waals surface area contributed by atoms with Gasteiger partial charge in [0.05, 0.1) is 6.54 Å². The van der Waals surface area contributed by atoms with Crippen LogP contribution in [0.2, 0.25) is 0 Å². The molecule has 1 heterocycles. The van der Waals surface area contributed by atoms with Crippen LogP contribution < -0.4 is 5.32 Å². The van der Waals surface area contributed by atoms with Crippen molar-refractivity contribution in [1.82, 2.24) is 15.1 Å². The van der Waals surface area contributed by atoms with Gasteiger partial charge in [0.25, 0.3) is 0 Å². The fourth-order valence-corrected chi connectivity index (χ4v) is 2.38. The maximum absolute atomic E-state index is 13.6. The molecule has 1 aromatic rings. The number of nitrogens with one attached hydrogen (secondary N) is 1. The van der Waals surface area contributed by atoms with E-state index in [9.17, 15) is 9.18 Å². The predicted molar refractivity (Wildman–Crippen MR) is 76.8 cm³/mol. The highest BCUT2D eigenvalue weighted by Gasteiger charge is 2.22. The summed E-state index contributed by atoms with van der Waals surface area (Å²) in [7, 11) is 1.72. The van der Waals surface area contributed by atoms with Gasteiger partial charge in [0.2, 0.25) is 5.91 Å². The molecule has 0 saturated carbocycles. The Hall–Kier alpha value is -1.46. The molecular formula is C15H22FN3O. The van der Waals surface area contributed by atoms with E-state index in [-0.39, 0.29) is 11.7 Å². The molecule has 0 unspecified atom stereocenters. The van der Waals surface area contributed by atoms with Crippen LogP contribution in [-0.2, 0) is 11.3 Å².